The highest BCUT2D eigenvalue weighted by Gasteiger charge is 2.43. The first-order valence-corrected chi connectivity index (χ1v) is 13.4. The van der Waals surface area contributed by atoms with Crippen molar-refractivity contribution in [2.45, 2.75) is 91.6 Å². The quantitative estimate of drug-likeness (QED) is 0.411. The van der Waals surface area contributed by atoms with Crippen molar-refractivity contribution in [1.82, 2.24) is 15.5 Å². The summed E-state index contributed by atoms with van der Waals surface area (Å²) in [5, 5.41) is 5.78. The predicted octanol–water partition coefficient (Wildman–Crippen LogP) is 5.59. The van der Waals surface area contributed by atoms with E-state index in [2.05, 4.69) is 16.6 Å². The van der Waals surface area contributed by atoms with Gasteiger partial charge in [-0.2, -0.15) is 0 Å². The summed E-state index contributed by atoms with van der Waals surface area (Å²) in [6, 6.07) is 14.7. The molecule has 0 saturated carbocycles. The first-order valence-electron chi connectivity index (χ1n) is 13.4. The van der Waals surface area contributed by atoms with E-state index in [4.69, 9.17) is 11.2 Å². The molecule has 0 radical (unpaired) electrons. The fourth-order valence-corrected chi connectivity index (χ4v) is 4.26. The second-order valence-electron chi connectivity index (χ2n) is 11.7. The van der Waals surface area contributed by atoms with Crippen molar-refractivity contribution in [3.05, 3.63) is 71.3 Å². The molecule has 3 atom stereocenters. The van der Waals surface area contributed by atoms with E-state index in [9.17, 15) is 14.4 Å². The van der Waals surface area contributed by atoms with Crippen LogP contribution in [0.2, 0.25) is 0 Å². The van der Waals surface area contributed by atoms with Gasteiger partial charge in [0.2, 0.25) is 11.8 Å². The molecule has 0 fully saturated rings. The first kappa shape index (κ1) is 31.4. The molecule has 2 rings (SSSR count). The van der Waals surface area contributed by atoms with Gasteiger partial charge >= 0.3 is 6.09 Å². The minimum absolute atomic E-state index is 0.231. The van der Waals surface area contributed by atoms with Gasteiger partial charge in [0.25, 0.3) is 0 Å². The summed E-state index contributed by atoms with van der Waals surface area (Å²) in [5.74, 6) is 1.67. The van der Waals surface area contributed by atoms with Crippen molar-refractivity contribution in [1.29, 1.82) is 0 Å². The molecule has 0 saturated heterocycles. The van der Waals surface area contributed by atoms with E-state index in [0.29, 0.717) is 17.5 Å². The maximum absolute atomic E-state index is 14.4. The van der Waals surface area contributed by atoms with Gasteiger partial charge in [-0.3, -0.25) is 9.59 Å². The third-order valence-corrected chi connectivity index (χ3v) is 6.34. The molecule has 39 heavy (non-hydrogen) atoms. The molecular formula is C32H43N3O4. The molecule has 0 heterocycles. The zero-order valence-corrected chi connectivity index (χ0v) is 24.5. The van der Waals surface area contributed by atoms with E-state index < -0.39 is 35.2 Å². The summed E-state index contributed by atoms with van der Waals surface area (Å²) in [5.41, 5.74) is 0.429. The van der Waals surface area contributed by atoms with Crippen molar-refractivity contribution in [2.24, 2.45) is 5.92 Å². The monoisotopic (exact) mass is 533 g/mol. The molecule has 2 aromatic rings. The number of benzene rings is 2. The van der Waals surface area contributed by atoms with Gasteiger partial charge in [-0.05, 0) is 64.7 Å². The molecule has 0 bridgehead atoms. The van der Waals surface area contributed by atoms with Crippen LogP contribution in [0.5, 0.6) is 0 Å². The van der Waals surface area contributed by atoms with Gasteiger partial charge in [-0.25, -0.2) is 4.79 Å². The third-order valence-electron chi connectivity index (χ3n) is 6.34. The standard InChI is InChI=1S/C32H43N3O4/c1-10-22(3)26(34-30(38)39-32(7,8)9)29(37)35(31(4,5)6)27(25-20-16-15-19-24(25)11-2)28(36)33-21-23-17-13-12-14-18-23/h2,12-20,22,26-27H,10,21H2,1,3-9H3,(H,33,36)(H,34,38). The van der Waals surface area contributed by atoms with E-state index in [1.807, 2.05) is 65.0 Å². The number of carbonyl (C=O) groups is 3. The van der Waals surface area contributed by atoms with Crippen molar-refractivity contribution in [2.75, 3.05) is 0 Å². The topological polar surface area (TPSA) is 87.7 Å². The molecule has 0 spiro atoms. The van der Waals surface area contributed by atoms with Crippen LogP contribution in [-0.2, 0) is 20.9 Å². The molecule has 7 nitrogen and oxygen atoms in total. The molecule has 0 aromatic heterocycles. The fourth-order valence-electron chi connectivity index (χ4n) is 4.26. The summed E-state index contributed by atoms with van der Waals surface area (Å²) < 4.78 is 5.47. The van der Waals surface area contributed by atoms with Crippen molar-refractivity contribution < 1.29 is 19.1 Å². The van der Waals surface area contributed by atoms with Gasteiger partial charge in [-0.1, -0.05) is 74.7 Å². The zero-order chi connectivity index (χ0) is 29.4. The number of nitrogens with one attached hydrogen (secondary N) is 2. The fraction of sp³-hybridized carbons (Fsp3) is 0.469. The lowest BCUT2D eigenvalue weighted by molar-refractivity contribution is -0.149. The molecule has 3 unspecified atom stereocenters. The number of carbonyl (C=O) groups excluding carboxylic acids is 3. The van der Waals surface area contributed by atoms with Crippen LogP contribution >= 0.6 is 0 Å². The van der Waals surface area contributed by atoms with Gasteiger partial charge in [0, 0.05) is 17.6 Å². The van der Waals surface area contributed by atoms with Crippen molar-refractivity contribution >= 4 is 17.9 Å². The van der Waals surface area contributed by atoms with Gasteiger partial charge in [-0.15, -0.1) is 6.42 Å². The normalized spacial score (nSPS) is 13.8. The van der Waals surface area contributed by atoms with E-state index in [1.54, 1.807) is 45.0 Å². The predicted molar refractivity (Wildman–Crippen MR) is 155 cm³/mol. The van der Waals surface area contributed by atoms with Gasteiger partial charge in [0.15, 0.2) is 0 Å². The number of hydrogen-bond donors (Lipinski definition) is 2. The number of nitrogens with zero attached hydrogens (tertiary/aromatic N) is 1. The molecule has 2 N–H and O–H groups in total. The summed E-state index contributed by atoms with van der Waals surface area (Å²) in [6.07, 6.45) is 5.76. The maximum Gasteiger partial charge on any atom is 0.408 e. The number of amides is 3. The average Bonchev–Trinajstić information content (AvgIpc) is 2.87. The number of alkyl carbamates (subject to hydrolysis) is 1. The first-order chi connectivity index (χ1) is 18.2. The zero-order valence-electron chi connectivity index (χ0n) is 24.5. The highest BCUT2D eigenvalue weighted by Crippen LogP contribution is 2.33. The Morgan fingerprint density at radius 1 is 0.974 bits per heavy atom. The van der Waals surface area contributed by atoms with E-state index in [1.165, 1.54) is 4.90 Å². The second kappa shape index (κ2) is 13.3. The number of ether oxygens (including phenoxy) is 1. The SMILES string of the molecule is C#Cc1ccccc1C(C(=O)NCc1ccccc1)N(C(=O)C(NC(=O)OC(C)(C)C)C(C)CC)C(C)(C)C. The highest BCUT2D eigenvalue weighted by molar-refractivity contribution is 5.93. The molecule has 0 aliphatic rings. The molecule has 210 valence electrons. The highest BCUT2D eigenvalue weighted by atomic mass is 16.6. The van der Waals surface area contributed by atoms with E-state index in [0.717, 1.165) is 5.56 Å². The largest absolute Gasteiger partial charge is 0.444 e. The Bertz CT molecular complexity index is 1170. The second-order valence-corrected chi connectivity index (χ2v) is 11.7. The minimum atomic E-state index is -1.04. The van der Waals surface area contributed by atoms with Gasteiger partial charge < -0.3 is 20.3 Å². The van der Waals surface area contributed by atoms with E-state index >= 15 is 0 Å². The van der Waals surface area contributed by atoms with Crippen molar-refractivity contribution in [3.63, 3.8) is 0 Å². The molecule has 0 aliphatic heterocycles. The van der Waals surface area contributed by atoms with Crippen molar-refractivity contribution in [3.8, 4) is 12.3 Å². The van der Waals surface area contributed by atoms with Crippen LogP contribution in [0.25, 0.3) is 0 Å². The van der Waals surface area contributed by atoms with Crippen LogP contribution in [-0.4, -0.2) is 40.0 Å². The Morgan fingerprint density at radius 3 is 2.10 bits per heavy atom. The average molecular weight is 534 g/mol. The minimum Gasteiger partial charge on any atom is -0.444 e. The van der Waals surface area contributed by atoms with Crippen LogP contribution in [0.3, 0.4) is 0 Å². The summed E-state index contributed by atoms with van der Waals surface area (Å²) in [4.78, 5) is 42.7. The molecule has 0 aliphatic carbocycles. The lowest BCUT2D eigenvalue weighted by Gasteiger charge is -2.44. The summed E-state index contributed by atoms with van der Waals surface area (Å²) in [6.45, 7) is 15.0. The number of rotatable bonds is 9. The Hall–Kier alpha value is -3.79. The summed E-state index contributed by atoms with van der Waals surface area (Å²) >= 11 is 0. The maximum atomic E-state index is 14.4. The van der Waals surface area contributed by atoms with Gasteiger partial charge in [0.1, 0.15) is 17.7 Å². The Balaban J connectivity index is 2.60. The molecule has 3 amide bonds. The molecule has 7 heteroatoms. The Morgan fingerprint density at radius 2 is 1.56 bits per heavy atom. The van der Waals surface area contributed by atoms with Crippen LogP contribution < -0.4 is 10.6 Å². The Kier molecular flexibility index (Phi) is 10.7. The van der Waals surface area contributed by atoms with Crippen LogP contribution in [0, 0.1) is 18.3 Å². The van der Waals surface area contributed by atoms with Crippen LogP contribution in [0.15, 0.2) is 54.6 Å². The molecule has 2 aromatic carbocycles. The lowest BCUT2D eigenvalue weighted by Crippen LogP contribution is -2.60. The summed E-state index contributed by atoms with van der Waals surface area (Å²) in [7, 11) is 0. The lowest BCUT2D eigenvalue weighted by atomic mass is 9.90. The van der Waals surface area contributed by atoms with Crippen LogP contribution in [0.1, 0.15) is 84.5 Å². The van der Waals surface area contributed by atoms with Gasteiger partial charge in [0.05, 0.1) is 0 Å². The van der Waals surface area contributed by atoms with Crippen LogP contribution in [0.4, 0.5) is 4.79 Å². The van der Waals surface area contributed by atoms with E-state index in [-0.39, 0.29) is 18.4 Å². The third kappa shape index (κ3) is 8.88. The molecular weight excluding hydrogens is 490 g/mol. The number of hydrogen-bond acceptors (Lipinski definition) is 4. The Labute approximate surface area is 233 Å². The number of terminal acetylenes is 1. The smallest absolute Gasteiger partial charge is 0.408 e.